The van der Waals surface area contributed by atoms with Crippen molar-refractivity contribution in [2.24, 2.45) is 0 Å². The Hall–Kier alpha value is -1.17. The van der Waals surface area contributed by atoms with Gasteiger partial charge >= 0.3 is 12.1 Å². The van der Waals surface area contributed by atoms with Gasteiger partial charge in [-0.2, -0.15) is 13.2 Å². The van der Waals surface area contributed by atoms with Crippen molar-refractivity contribution in [1.29, 1.82) is 0 Å². The van der Waals surface area contributed by atoms with Gasteiger partial charge in [-0.25, -0.2) is 4.79 Å². The second-order valence-corrected chi connectivity index (χ2v) is 3.79. The maximum Gasteiger partial charge on any atom is 0.398 e. The summed E-state index contributed by atoms with van der Waals surface area (Å²) >= 11 is 0.571. The number of hydrogen-bond acceptors (Lipinski definition) is 2. The lowest BCUT2D eigenvalue weighted by atomic mass is 10.2. The molecule has 1 aromatic carbocycles. The van der Waals surface area contributed by atoms with Crippen LogP contribution >= 0.6 is 11.8 Å². The van der Waals surface area contributed by atoms with Gasteiger partial charge in [-0.3, -0.25) is 0 Å². The fraction of sp³-hybridized carbons (Fsp3) is 0.222. The molecule has 0 fully saturated rings. The summed E-state index contributed by atoms with van der Waals surface area (Å²) in [6.45, 7) is 0. The lowest BCUT2D eigenvalue weighted by Gasteiger charge is -2.05. The molecular formula is C9H7F3O2S. The van der Waals surface area contributed by atoms with E-state index in [9.17, 15) is 18.0 Å². The normalized spacial score (nSPS) is 11.4. The van der Waals surface area contributed by atoms with Crippen LogP contribution in [0.2, 0.25) is 0 Å². The van der Waals surface area contributed by atoms with E-state index in [1.165, 1.54) is 24.3 Å². The molecule has 1 rings (SSSR count). The van der Waals surface area contributed by atoms with Crippen molar-refractivity contribution in [2.45, 2.75) is 11.1 Å². The molecule has 0 radical (unpaired) electrons. The molecule has 0 unspecified atom stereocenters. The van der Waals surface area contributed by atoms with E-state index in [4.69, 9.17) is 5.11 Å². The second-order valence-electron chi connectivity index (χ2n) is 2.74. The number of thioether (sulfide) groups is 1. The Morgan fingerprint density at radius 2 is 2.07 bits per heavy atom. The van der Waals surface area contributed by atoms with Crippen molar-refractivity contribution < 1.29 is 23.1 Å². The minimum Gasteiger partial charge on any atom is -0.478 e. The highest BCUT2D eigenvalue weighted by atomic mass is 32.2. The molecule has 6 heteroatoms. The first-order chi connectivity index (χ1) is 6.88. The van der Waals surface area contributed by atoms with Crippen molar-refractivity contribution in [2.75, 3.05) is 5.75 Å². The molecule has 1 aromatic rings. The van der Waals surface area contributed by atoms with Crippen LogP contribution in [0.3, 0.4) is 0 Å². The van der Waals surface area contributed by atoms with Crippen molar-refractivity contribution >= 4 is 17.7 Å². The van der Waals surface area contributed by atoms with E-state index in [2.05, 4.69) is 0 Å². The van der Waals surface area contributed by atoms with E-state index in [1.54, 1.807) is 0 Å². The highest BCUT2D eigenvalue weighted by molar-refractivity contribution is 7.99. The maximum absolute atomic E-state index is 11.9. The SMILES string of the molecule is O=C(O)c1cccc(SCC(F)(F)F)c1. The van der Waals surface area contributed by atoms with E-state index in [-0.39, 0.29) is 5.56 Å². The average Bonchev–Trinajstić information content (AvgIpc) is 2.14. The predicted octanol–water partition coefficient (Wildman–Crippen LogP) is 3.04. The summed E-state index contributed by atoms with van der Waals surface area (Å²) in [4.78, 5) is 10.8. The molecule has 82 valence electrons. The molecule has 0 aromatic heterocycles. The number of carbonyl (C=O) groups is 1. The lowest BCUT2D eigenvalue weighted by Crippen LogP contribution is -2.10. The lowest BCUT2D eigenvalue weighted by molar-refractivity contribution is -0.105. The summed E-state index contributed by atoms with van der Waals surface area (Å²) in [6.07, 6.45) is -4.25. The molecule has 1 N–H and O–H groups in total. The summed E-state index contributed by atoms with van der Waals surface area (Å²) in [7, 11) is 0. The van der Waals surface area contributed by atoms with Gasteiger partial charge in [0.05, 0.1) is 11.3 Å². The fourth-order valence-electron chi connectivity index (χ4n) is 0.884. The molecule has 0 aliphatic carbocycles. The fourth-order valence-corrected chi connectivity index (χ4v) is 1.60. The first-order valence-corrected chi connectivity index (χ1v) is 4.90. The van der Waals surface area contributed by atoms with Crippen molar-refractivity contribution in [3.05, 3.63) is 29.8 Å². The number of halogens is 3. The van der Waals surface area contributed by atoms with Gasteiger partial charge in [0.15, 0.2) is 0 Å². The van der Waals surface area contributed by atoms with Crippen LogP contribution < -0.4 is 0 Å². The second kappa shape index (κ2) is 4.57. The number of alkyl halides is 3. The molecule has 0 saturated heterocycles. The Morgan fingerprint density at radius 3 is 2.60 bits per heavy atom. The minimum absolute atomic E-state index is 0.0119. The predicted molar refractivity (Wildman–Crippen MR) is 50.2 cm³/mol. The summed E-state index contributed by atoms with van der Waals surface area (Å²) in [5, 5.41) is 8.61. The third kappa shape index (κ3) is 4.24. The number of aromatic carboxylic acids is 1. The number of benzene rings is 1. The summed E-state index contributed by atoms with van der Waals surface area (Å²) < 4.78 is 35.6. The molecule has 0 aliphatic rings. The van der Waals surface area contributed by atoms with Gasteiger partial charge in [0.2, 0.25) is 0 Å². The van der Waals surface area contributed by atoms with E-state index in [1.807, 2.05) is 0 Å². The highest BCUT2D eigenvalue weighted by Gasteiger charge is 2.27. The van der Waals surface area contributed by atoms with Crippen LogP contribution in [0.25, 0.3) is 0 Å². The first kappa shape index (κ1) is 11.9. The van der Waals surface area contributed by atoms with Gasteiger partial charge in [0.25, 0.3) is 0 Å². The van der Waals surface area contributed by atoms with Gasteiger partial charge in [0.1, 0.15) is 0 Å². The standard InChI is InChI=1S/C9H7F3O2S/c10-9(11,12)5-15-7-3-1-2-6(4-7)8(13)14/h1-4H,5H2,(H,13,14). The van der Waals surface area contributed by atoms with Crippen LogP contribution in [0.5, 0.6) is 0 Å². The van der Waals surface area contributed by atoms with Gasteiger partial charge < -0.3 is 5.11 Å². The summed E-state index contributed by atoms with van der Waals surface area (Å²) in [5.74, 6) is -2.17. The Balaban J connectivity index is 2.70. The molecule has 0 aliphatic heterocycles. The van der Waals surface area contributed by atoms with Gasteiger partial charge in [-0.1, -0.05) is 6.07 Å². The highest BCUT2D eigenvalue weighted by Crippen LogP contribution is 2.27. The number of carboxylic acids is 1. The van der Waals surface area contributed by atoms with E-state index >= 15 is 0 Å². The van der Waals surface area contributed by atoms with Crippen molar-refractivity contribution in [3.8, 4) is 0 Å². The molecular weight excluding hydrogens is 229 g/mol. The van der Waals surface area contributed by atoms with Crippen LogP contribution in [0.15, 0.2) is 29.2 Å². The Morgan fingerprint density at radius 1 is 1.40 bits per heavy atom. The molecule has 2 nitrogen and oxygen atoms in total. The van der Waals surface area contributed by atoms with Gasteiger partial charge in [0, 0.05) is 4.90 Å². The summed E-state index contributed by atoms with van der Waals surface area (Å²) in [5.41, 5.74) is -0.0119. The number of hydrogen-bond donors (Lipinski definition) is 1. The third-order valence-corrected chi connectivity index (χ3v) is 2.54. The van der Waals surface area contributed by atoms with Crippen LogP contribution in [0.1, 0.15) is 10.4 Å². The van der Waals surface area contributed by atoms with E-state index in [0.29, 0.717) is 16.7 Å². The largest absolute Gasteiger partial charge is 0.478 e. The molecule has 0 saturated carbocycles. The molecule has 0 heterocycles. The zero-order chi connectivity index (χ0) is 11.5. The van der Waals surface area contributed by atoms with Crippen LogP contribution in [-0.2, 0) is 0 Å². The van der Waals surface area contributed by atoms with Crippen molar-refractivity contribution in [1.82, 2.24) is 0 Å². The zero-order valence-electron chi connectivity index (χ0n) is 7.41. The Bertz CT molecular complexity index is 363. The van der Waals surface area contributed by atoms with E-state index in [0.717, 1.165) is 0 Å². The molecule has 0 atom stereocenters. The zero-order valence-corrected chi connectivity index (χ0v) is 8.23. The molecule has 15 heavy (non-hydrogen) atoms. The topological polar surface area (TPSA) is 37.3 Å². The van der Waals surface area contributed by atoms with Crippen molar-refractivity contribution in [3.63, 3.8) is 0 Å². The van der Waals surface area contributed by atoms with E-state index < -0.39 is 17.9 Å². The average molecular weight is 236 g/mol. The van der Waals surface area contributed by atoms with Crippen LogP contribution in [-0.4, -0.2) is 23.0 Å². The maximum atomic E-state index is 11.9. The third-order valence-electron chi connectivity index (χ3n) is 1.48. The molecule has 0 amide bonds. The minimum atomic E-state index is -4.25. The van der Waals surface area contributed by atoms with Crippen LogP contribution in [0.4, 0.5) is 13.2 Å². The molecule has 0 spiro atoms. The number of rotatable bonds is 3. The Kier molecular flexibility index (Phi) is 3.62. The summed E-state index contributed by atoms with van der Waals surface area (Å²) in [6, 6.07) is 5.42. The monoisotopic (exact) mass is 236 g/mol. The van der Waals surface area contributed by atoms with Gasteiger partial charge in [-0.05, 0) is 18.2 Å². The smallest absolute Gasteiger partial charge is 0.398 e. The Labute approximate surface area is 88.1 Å². The van der Waals surface area contributed by atoms with Crippen LogP contribution in [0, 0.1) is 0 Å². The van der Waals surface area contributed by atoms with Gasteiger partial charge in [-0.15, -0.1) is 11.8 Å². The first-order valence-electron chi connectivity index (χ1n) is 3.91. The molecule has 0 bridgehead atoms. The number of carboxylic acid groups (broad SMARTS) is 1. The quantitative estimate of drug-likeness (QED) is 0.819.